The number of ether oxygens (including phenoxy) is 1. The minimum absolute atomic E-state index is 0.207. The largest absolute Gasteiger partial charge is 0.444 e. The van der Waals surface area contributed by atoms with Crippen LogP contribution in [0.5, 0.6) is 0 Å². The van der Waals surface area contributed by atoms with Crippen LogP contribution in [0.25, 0.3) is 0 Å². The summed E-state index contributed by atoms with van der Waals surface area (Å²) in [4.78, 5) is 53.1. The summed E-state index contributed by atoms with van der Waals surface area (Å²) in [5, 5.41) is 2.50. The zero-order valence-corrected chi connectivity index (χ0v) is 20.9. The molecule has 0 atom stereocenters. The third-order valence-corrected chi connectivity index (χ3v) is 5.06. The number of aliphatic imine (C=N–C) groups is 1. The summed E-state index contributed by atoms with van der Waals surface area (Å²) in [7, 11) is 0. The van der Waals surface area contributed by atoms with Gasteiger partial charge in [0.05, 0.1) is 12.4 Å². The van der Waals surface area contributed by atoms with E-state index < -0.39 is 11.7 Å². The number of piperazine rings is 1. The van der Waals surface area contributed by atoms with Gasteiger partial charge in [-0.1, -0.05) is 12.1 Å². The van der Waals surface area contributed by atoms with Gasteiger partial charge in [-0.15, -0.1) is 0 Å². The van der Waals surface area contributed by atoms with Gasteiger partial charge in [0.15, 0.2) is 5.82 Å². The van der Waals surface area contributed by atoms with E-state index in [1.807, 2.05) is 18.2 Å². The van der Waals surface area contributed by atoms with Crippen LogP contribution in [0.1, 0.15) is 61.0 Å². The van der Waals surface area contributed by atoms with Crippen molar-refractivity contribution in [2.75, 3.05) is 31.5 Å². The van der Waals surface area contributed by atoms with Gasteiger partial charge in [-0.3, -0.25) is 19.8 Å². The second-order valence-electron chi connectivity index (χ2n) is 9.55. The van der Waals surface area contributed by atoms with Crippen molar-refractivity contribution in [3.63, 3.8) is 0 Å². The van der Waals surface area contributed by atoms with E-state index in [1.165, 1.54) is 12.4 Å². The van der Waals surface area contributed by atoms with Crippen LogP contribution in [0.4, 0.5) is 10.6 Å². The van der Waals surface area contributed by atoms with Gasteiger partial charge in [-0.2, -0.15) is 0 Å². The Bertz CT molecular complexity index is 1100. The number of aromatic nitrogens is 2. The molecule has 0 unspecified atom stereocenters. The van der Waals surface area contributed by atoms with Crippen LogP contribution >= 0.6 is 0 Å². The molecule has 2 heterocycles. The van der Waals surface area contributed by atoms with E-state index in [0.717, 1.165) is 11.3 Å². The molecule has 0 spiro atoms. The molecule has 0 radical (unpaired) electrons. The Balaban J connectivity index is 1.52. The van der Waals surface area contributed by atoms with E-state index in [1.54, 1.807) is 45.6 Å². The van der Waals surface area contributed by atoms with Crippen LogP contribution in [0.15, 0.2) is 41.7 Å². The quantitative estimate of drug-likeness (QED) is 0.652. The van der Waals surface area contributed by atoms with Crippen molar-refractivity contribution in [2.45, 2.75) is 46.8 Å². The van der Waals surface area contributed by atoms with Gasteiger partial charge in [0.1, 0.15) is 11.3 Å². The van der Waals surface area contributed by atoms with E-state index in [9.17, 15) is 14.4 Å². The summed E-state index contributed by atoms with van der Waals surface area (Å²) < 4.78 is 5.18. The molecule has 3 amide bonds. The molecule has 1 saturated heterocycles. The lowest BCUT2D eigenvalue weighted by molar-refractivity contribution is 0.0620. The third kappa shape index (κ3) is 7.96. The minimum atomic E-state index is -0.634. The minimum Gasteiger partial charge on any atom is -0.444 e. The fourth-order valence-electron chi connectivity index (χ4n) is 3.51. The zero-order valence-electron chi connectivity index (χ0n) is 20.9. The van der Waals surface area contributed by atoms with Gasteiger partial charge in [0.2, 0.25) is 0 Å². The van der Waals surface area contributed by atoms with Gasteiger partial charge in [0.25, 0.3) is 11.8 Å². The first-order valence-corrected chi connectivity index (χ1v) is 11.5. The summed E-state index contributed by atoms with van der Waals surface area (Å²) in [6.07, 6.45) is 2.06. The molecular weight excluding hydrogens is 448 g/mol. The summed E-state index contributed by atoms with van der Waals surface area (Å²) in [5.74, 6) is -0.238. The number of nitrogens with zero attached hydrogens (tertiary/aromatic N) is 5. The lowest BCUT2D eigenvalue weighted by atomic mass is 10.1. The first kappa shape index (κ1) is 26.0. The molecule has 35 heavy (non-hydrogen) atoms. The maximum atomic E-state index is 12.8. The Morgan fingerprint density at radius 1 is 1.06 bits per heavy atom. The molecule has 0 aliphatic carbocycles. The highest BCUT2D eigenvalue weighted by atomic mass is 16.6. The van der Waals surface area contributed by atoms with Crippen LogP contribution in [0.2, 0.25) is 0 Å². The molecule has 10 heteroatoms. The van der Waals surface area contributed by atoms with E-state index in [2.05, 4.69) is 25.2 Å². The number of hydrogen-bond acceptors (Lipinski definition) is 7. The molecule has 1 N–H and O–H groups in total. The highest BCUT2D eigenvalue weighted by Crippen LogP contribution is 2.14. The SMILES string of the molecule is CC(C)=NC(=O)c1cccc(CN2CCN(C(=O)c3cnc(NC(=O)OC(C)(C)C)cn3)CC2)c1. The Morgan fingerprint density at radius 3 is 2.37 bits per heavy atom. The van der Waals surface area contributed by atoms with Gasteiger partial charge in [-0.05, 0) is 52.3 Å². The van der Waals surface area contributed by atoms with Crippen molar-refractivity contribution < 1.29 is 19.1 Å². The van der Waals surface area contributed by atoms with Crippen molar-refractivity contribution in [3.05, 3.63) is 53.5 Å². The zero-order chi connectivity index (χ0) is 25.6. The second kappa shape index (κ2) is 11.2. The van der Waals surface area contributed by atoms with Gasteiger partial charge in [-0.25, -0.2) is 19.8 Å². The first-order valence-electron chi connectivity index (χ1n) is 11.5. The Labute approximate surface area is 205 Å². The Hall–Kier alpha value is -3.66. The molecule has 10 nitrogen and oxygen atoms in total. The molecule has 1 fully saturated rings. The van der Waals surface area contributed by atoms with Crippen LogP contribution in [-0.2, 0) is 11.3 Å². The molecule has 2 aromatic rings. The third-order valence-electron chi connectivity index (χ3n) is 5.06. The fraction of sp³-hybridized carbons (Fsp3) is 0.440. The smallest absolute Gasteiger partial charge is 0.413 e. The van der Waals surface area contributed by atoms with Crippen molar-refractivity contribution in [2.24, 2.45) is 4.99 Å². The number of hydrogen-bond donors (Lipinski definition) is 1. The average Bonchev–Trinajstić information content (AvgIpc) is 2.78. The van der Waals surface area contributed by atoms with E-state index in [4.69, 9.17) is 4.74 Å². The predicted molar refractivity (Wildman–Crippen MR) is 133 cm³/mol. The van der Waals surface area contributed by atoms with Crippen molar-refractivity contribution in [1.82, 2.24) is 19.8 Å². The molecule has 1 aliphatic heterocycles. The molecule has 3 rings (SSSR count). The highest BCUT2D eigenvalue weighted by Gasteiger charge is 2.24. The molecule has 0 bridgehead atoms. The number of nitrogens with one attached hydrogen (secondary N) is 1. The van der Waals surface area contributed by atoms with Crippen LogP contribution in [0, 0.1) is 0 Å². The van der Waals surface area contributed by atoms with E-state index in [0.29, 0.717) is 38.3 Å². The fourth-order valence-corrected chi connectivity index (χ4v) is 3.51. The highest BCUT2D eigenvalue weighted by molar-refractivity contribution is 6.02. The summed E-state index contributed by atoms with van der Waals surface area (Å²) in [6, 6.07) is 7.49. The van der Waals surface area contributed by atoms with Gasteiger partial charge in [0, 0.05) is 44.0 Å². The summed E-state index contributed by atoms with van der Waals surface area (Å²) >= 11 is 0. The number of carbonyl (C=O) groups excluding carboxylic acids is 3. The van der Waals surface area contributed by atoms with Crippen LogP contribution in [0.3, 0.4) is 0 Å². The molecule has 1 aromatic carbocycles. The second-order valence-corrected chi connectivity index (χ2v) is 9.55. The number of rotatable bonds is 5. The number of benzene rings is 1. The Morgan fingerprint density at radius 2 is 1.77 bits per heavy atom. The van der Waals surface area contributed by atoms with Crippen molar-refractivity contribution in [3.8, 4) is 0 Å². The van der Waals surface area contributed by atoms with Crippen LogP contribution in [-0.4, -0.2) is 75.2 Å². The van der Waals surface area contributed by atoms with Gasteiger partial charge < -0.3 is 9.64 Å². The van der Waals surface area contributed by atoms with Crippen molar-refractivity contribution >= 4 is 29.4 Å². The molecule has 186 valence electrons. The maximum absolute atomic E-state index is 12.8. The van der Waals surface area contributed by atoms with Crippen molar-refractivity contribution in [1.29, 1.82) is 0 Å². The van der Waals surface area contributed by atoms with Gasteiger partial charge >= 0.3 is 6.09 Å². The summed E-state index contributed by atoms with van der Waals surface area (Å²) in [6.45, 7) is 12.1. The molecular formula is C25H32N6O4. The van der Waals surface area contributed by atoms with E-state index >= 15 is 0 Å². The average molecular weight is 481 g/mol. The standard InChI is InChI=1S/C25H32N6O4/c1-17(2)28-22(32)19-8-6-7-18(13-19)16-30-9-11-31(12-10-30)23(33)20-14-27-21(15-26-20)29-24(34)35-25(3,4)5/h6-8,13-15H,9-12,16H2,1-5H3,(H,27,29,34). The topological polar surface area (TPSA) is 117 Å². The number of carbonyl (C=O) groups is 3. The number of amides is 3. The van der Waals surface area contributed by atoms with Crippen LogP contribution < -0.4 is 5.32 Å². The lowest BCUT2D eigenvalue weighted by Crippen LogP contribution is -2.48. The first-order chi connectivity index (χ1) is 16.5. The number of anilines is 1. The molecule has 0 saturated carbocycles. The monoisotopic (exact) mass is 480 g/mol. The summed E-state index contributed by atoms with van der Waals surface area (Å²) in [5.41, 5.74) is 1.91. The van der Waals surface area contributed by atoms with E-state index in [-0.39, 0.29) is 23.3 Å². The normalized spacial score (nSPS) is 14.3. The predicted octanol–water partition coefficient (Wildman–Crippen LogP) is 3.40. The molecule has 1 aliphatic rings. The Kier molecular flexibility index (Phi) is 8.29. The lowest BCUT2D eigenvalue weighted by Gasteiger charge is -2.34. The maximum Gasteiger partial charge on any atom is 0.413 e. The molecule has 1 aromatic heterocycles.